The fourth-order valence-corrected chi connectivity index (χ4v) is 4.30. The molecule has 1 heterocycles. The van der Waals surface area contributed by atoms with Crippen LogP contribution in [0.4, 0.5) is 0 Å². The third-order valence-electron chi connectivity index (χ3n) is 6.21. The summed E-state index contributed by atoms with van der Waals surface area (Å²) < 4.78 is 21.8. The van der Waals surface area contributed by atoms with Gasteiger partial charge in [0, 0.05) is 25.8 Å². The van der Waals surface area contributed by atoms with Crippen molar-refractivity contribution >= 4 is 17.4 Å². The number of methoxy groups -OCH3 is 3. The van der Waals surface area contributed by atoms with Crippen molar-refractivity contribution in [2.75, 3.05) is 41.1 Å². The molecule has 194 valence electrons. The number of hydrogen-bond donors (Lipinski definition) is 1. The summed E-state index contributed by atoms with van der Waals surface area (Å²) in [7, 11) is 4.63. The van der Waals surface area contributed by atoms with Crippen LogP contribution in [0.25, 0.3) is 5.76 Å². The molecule has 1 saturated heterocycles. The van der Waals surface area contributed by atoms with Gasteiger partial charge >= 0.3 is 0 Å². The van der Waals surface area contributed by atoms with E-state index in [4.69, 9.17) is 18.9 Å². The molecule has 1 fully saturated rings. The number of Topliss-reactive ketones (excluding diaryl/α,β-unsaturated/α-hetero) is 1. The minimum atomic E-state index is -0.789. The van der Waals surface area contributed by atoms with Gasteiger partial charge in [0.05, 0.1) is 32.4 Å². The van der Waals surface area contributed by atoms with E-state index in [1.54, 1.807) is 43.5 Å². The lowest BCUT2D eigenvalue weighted by molar-refractivity contribution is -0.140. The third-order valence-corrected chi connectivity index (χ3v) is 6.21. The highest BCUT2D eigenvalue weighted by Gasteiger charge is 2.46. The quantitative estimate of drug-likeness (QED) is 0.197. The molecule has 1 N–H and O–H groups in total. The molecule has 1 unspecified atom stereocenters. The van der Waals surface area contributed by atoms with Crippen molar-refractivity contribution in [1.82, 2.24) is 4.90 Å². The van der Waals surface area contributed by atoms with Crippen molar-refractivity contribution in [2.24, 2.45) is 0 Å². The number of carbonyl (C=O) groups excluding carboxylic acids is 2. The van der Waals surface area contributed by atoms with E-state index < -0.39 is 17.7 Å². The van der Waals surface area contributed by atoms with Gasteiger partial charge in [-0.2, -0.15) is 0 Å². The van der Waals surface area contributed by atoms with Crippen LogP contribution in [0.2, 0.25) is 0 Å². The van der Waals surface area contributed by atoms with Crippen LogP contribution < -0.4 is 14.2 Å². The summed E-state index contributed by atoms with van der Waals surface area (Å²) in [5.74, 6) is 0.0742. The van der Waals surface area contributed by atoms with Gasteiger partial charge in [-0.15, -0.1) is 0 Å². The highest BCUT2D eigenvalue weighted by atomic mass is 16.5. The third kappa shape index (κ3) is 5.65. The second kappa shape index (κ2) is 12.4. The number of likely N-dealkylation sites (tertiary alicyclic amines) is 1. The maximum atomic E-state index is 13.2. The van der Waals surface area contributed by atoms with Crippen molar-refractivity contribution in [1.29, 1.82) is 0 Å². The van der Waals surface area contributed by atoms with Gasteiger partial charge in [0.2, 0.25) is 0 Å². The number of amides is 1. The summed E-state index contributed by atoms with van der Waals surface area (Å²) in [4.78, 5) is 27.8. The molecule has 2 aromatic rings. The van der Waals surface area contributed by atoms with Gasteiger partial charge in [-0.1, -0.05) is 19.4 Å². The van der Waals surface area contributed by atoms with Crippen molar-refractivity contribution in [3.8, 4) is 17.2 Å². The number of unbranched alkanes of at least 4 members (excludes halogenated alkanes) is 1. The Bertz CT molecular complexity index is 1120. The molecule has 1 atom stereocenters. The van der Waals surface area contributed by atoms with Crippen LogP contribution in [-0.2, 0) is 14.3 Å². The van der Waals surface area contributed by atoms with Crippen LogP contribution in [0.3, 0.4) is 0 Å². The fourth-order valence-electron chi connectivity index (χ4n) is 4.30. The van der Waals surface area contributed by atoms with Gasteiger partial charge in [0.1, 0.15) is 11.5 Å². The summed E-state index contributed by atoms with van der Waals surface area (Å²) >= 11 is 0. The standard InChI is InChI=1S/C28H35NO7/c1-6-7-15-36-21-11-10-20(16-18(21)2)26(30)24-25(19-9-12-22(34-4)23(17-19)35-5)29(13-8-14-33-3)28(32)27(24)31/h9-12,16-17,25,30H,6-8,13-15H2,1-5H3. The van der Waals surface area contributed by atoms with Gasteiger partial charge in [-0.3, -0.25) is 9.59 Å². The summed E-state index contributed by atoms with van der Waals surface area (Å²) in [5, 5.41) is 11.3. The lowest BCUT2D eigenvalue weighted by Gasteiger charge is -2.26. The maximum absolute atomic E-state index is 13.2. The smallest absolute Gasteiger partial charge is 0.295 e. The molecule has 0 aliphatic carbocycles. The van der Waals surface area contributed by atoms with Gasteiger partial charge in [-0.25, -0.2) is 0 Å². The number of rotatable bonds is 12. The Morgan fingerprint density at radius 3 is 2.31 bits per heavy atom. The molecule has 8 nitrogen and oxygen atoms in total. The van der Waals surface area contributed by atoms with Crippen LogP contribution in [0, 0.1) is 6.92 Å². The molecule has 8 heteroatoms. The Labute approximate surface area is 212 Å². The lowest BCUT2D eigenvalue weighted by atomic mass is 9.94. The zero-order chi connectivity index (χ0) is 26.2. The maximum Gasteiger partial charge on any atom is 0.295 e. The largest absolute Gasteiger partial charge is 0.507 e. The number of aliphatic hydroxyl groups is 1. The number of carbonyl (C=O) groups is 2. The van der Waals surface area contributed by atoms with E-state index in [2.05, 4.69) is 6.92 Å². The SMILES string of the molecule is CCCCOc1ccc(C(O)=C2C(=O)C(=O)N(CCCOC)C2c2ccc(OC)c(OC)c2)cc1C. The first-order valence-corrected chi connectivity index (χ1v) is 12.1. The number of hydrogen-bond acceptors (Lipinski definition) is 7. The van der Waals surface area contributed by atoms with Crippen molar-refractivity contribution < 1.29 is 33.6 Å². The highest BCUT2D eigenvalue weighted by molar-refractivity contribution is 6.46. The van der Waals surface area contributed by atoms with Crippen LogP contribution in [-0.4, -0.2) is 62.8 Å². The van der Waals surface area contributed by atoms with Gasteiger partial charge in [-0.05, 0) is 61.2 Å². The first kappa shape index (κ1) is 27.1. The van der Waals surface area contributed by atoms with Gasteiger partial charge < -0.3 is 29.0 Å². The summed E-state index contributed by atoms with van der Waals surface area (Å²) in [6.45, 7) is 5.30. The second-order valence-electron chi connectivity index (χ2n) is 8.64. The molecule has 0 radical (unpaired) electrons. The monoisotopic (exact) mass is 497 g/mol. The summed E-state index contributed by atoms with van der Waals surface area (Å²) in [6.07, 6.45) is 2.51. The van der Waals surface area contributed by atoms with E-state index in [1.165, 1.54) is 19.1 Å². The Hall–Kier alpha value is -3.52. The number of aryl methyl sites for hydroxylation is 1. The molecule has 0 saturated carbocycles. The number of ether oxygens (including phenoxy) is 4. The first-order chi connectivity index (χ1) is 17.4. The molecular formula is C28H35NO7. The molecular weight excluding hydrogens is 462 g/mol. The van der Waals surface area contributed by atoms with E-state index in [0.717, 1.165) is 24.2 Å². The Balaban J connectivity index is 2.09. The van der Waals surface area contributed by atoms with E-state index >= 15 is 0 Å². The molecule has 36 heavy (non-hydrogen) atoms. The normalized spacial score (nSPS) is 16.9. The fraction of sp³-hybridized carbons (Fsp3) is 0.429. The average Bonchev–Trinajstić information content (AvgIpc) is 3.14. The number of benzene rings is 2. The Kier molecular flexibility index (Phi) is 9.36. The van der Waals surface area contributed by atoms with Crippen molar-refractivity contribution in [3.05, 3.63) is 58.7 Å². The predicted molar refractivity (Wildman–Crippen MR) is 137 cm³/mol. The summed E-state index contributed by atoms with van der Waals surface area (Å²) in [6, 6.07) is 9.67. The first-order valence-electron chi connectivity index (χ1n) is 12.1. The predicted octanol–water partition coefficient (Wildman–Crippen LogP) is 4.65. The summed E-state index contributed by atoms with van der Waals surface area (Å²) in [5.41, 5.74) is 1.92. The zero-order valence-corrected chi connectivity index (χ0v) is 21.6. The highest BCUT2D eigenvalue weighted by Crippen LogP contribution is 2.42. The molecule has 1 amide bonds. The van der Waals surface area contributed by atoms with Crippen molar-refractivity contribution in [2.45, 2.75) is 39.2 Å². The molecule has 0 aromatic heterocycles. The van der Waals surface area contributed by atoms with E-state index in [0.29, 0.717) is 42.3 Å². The lowest BCUT2D eigenvalue weighted by Crippen LogP contribution is -2.31. The zero-order valence-electron chi connectivity index (χ0n) is 21.6. The van der Waals surface area contributed by atoms with Gasteiger partial charge in [0.25, 0.3) is 11.7 Å². The number of aliphatic hydroxyl groups excluding tert-OH is 1. The molecule has 0 bridgehead atoms. The van der Waals surface area contributed by atoms with Crippen LogP contribution in [0.15, 0.2) is 42.0 Å². The second-order valence-corrected chi connectivity index (χ2v) is 8.64. The number of ketones is 1. The van der Waals surface area contributed by atoms with Crippen molar-refractivity contribution in [3.63, 3.8) is 0 Å². The Morgan fingerprint density at radius 2 is 1.67 bits per heavy atom. The Morgan fingerprint density at radius 1 is 0.944 bits per heavy atom. The minimum absolute atomic E-state index is 0.0312. The van der Waals surface area contributed by atoms with Crippen LogP contribution >= 0.6 is 0 Å². The average molecular weight is 498 g/mol. The van der Waals surface area contributed by atoms with Gasteiger partial charge in [0.15, 0.2) is 11.5 Å². The molecule has 3 rings (SSSR count). The molecule has 1 aliphatic rings. The van der Waals surface area contributed by atoms with E-state index in [-0.39, 0.29) is 17.9 Å². The van der Waals surface area contributed by atoms with E-state index in [1.807, 2.05) is 6.92 Å². The molecule has 0 spiro atoms. The topological polar surface area (TPSA) is 94.5 Å². The number of nitrogens with zero attached hydrogens (tertiary/aromatic N) is 1. The minimum Gasteiger partial charge on any atom is -0.507 e. The molecule has 2 aromatic carbocycles. The molecule has 1 aliphatic heterocycles. The van der Waals surface area contributed by atoms with Crippen LogP contribution in [0.1, 0.15) is 48.9 Å². The van der Waals surface area contributed by atoms with E-state index in [9.17, 15) is 14.7 Å². The van der Waals surface area contributed by atoms with Crippen LogP contribution in [0.5, 0.6) is 17.2 Å².